The van der Waals surface area contributed by atoms with Crippen LogP contribution in [0.15, 0.2) is 30.6 Å². The number of aromatic nitrogens is 4. The second kappa shape index (κ2) is 6.90. The van der Waals surface area contributed by atoms with Crippen molar-refractivity contribution in [2.45, 2.75) is 32.4 Å². The lowest BCUT2D eigenvalue weighted by Crippen LogP contribution is -2.31. The van der Waals surface area contributed by atoms with E-state index in [-0.39, 0.29) is 17.8 Å². The summed E-state index contributed by atoms with van der Waals surface area (Å²) in [6.07, 6.45) is 5.43. The number of halogens is 1. The Kier molecular flexibility index (Phi) is 4.30. The highest BCUT2D eigenvalue weighted by Crippen LogP contribution is 2.39. The van der Waals surface area contributed by atoms with Crippen molar-refractivity contribution in [3.05, 3.63) is 58.9 Å². The van der Waals surface area contributed by atoms with Gasteiger partial charge in [0, 0.05) is 38.0 Å². The lowest BCUT2D eigenvalue weighted by atomic mass is 9.96. The van der Waals surface area contributed by atoms with Gasteiger partial charge in [-0.05, 0) is 43.5 Å². The lowest BCUT2D eigenvalue weighted by Gasteiger charge is -2.30. The third kappa shape index (κ3) is 2.94. The Labute approximate surface area is 174 Å². The Morgan fingerprint density at radius 3 is 2.87 bits per heavy atom. The van der Waals surface area contributed by atoms with Crippen LogP contribution in [0.3, 0.4) is 0 Å². The zero-order valence-corrected chi connectivity index (χ0v) is 17.3. The summed E-state index contributed by atoms with van der Waals surface area (Å²) in [4.78, 5) is 26.7. The molecule has 1 fully saturated rings. The van der Waals surface area contributed by atoms with Crippen molar-refractivity contribution in [1.29, 1.82) is 0 Å². The quantitative estimate of drug-likeness (QED) is 0.573. The van der Waals surface area contributed by atoms with Crippen molar-refractivity contribution in [3.63, 3.8) is 0 Å². The molecule has 1 aromatic carbocycles. The highest BCUT2D eigenvalue weighted by atomic mass is 19.1. The summed E-state index contributed by atoms with van der Waals surface area (Å²) in [5, 5.41) is 4.56. The van der Waals surface area contributed by atoms with Crippen molar-refractivity contribution in [2.24, 2.45) is 7.05 Å². The normalized spacial score (nSPS) is 18.4. The smallest absolute Gasteiger partial charge is 0.254 e. The van der Waals surface area contributed by atoms with Gasteiger partial charge in [-0.3, -0.25) is 14.5 Å². The van der Waals surface area contributed by atoms with Gasteiger partial charge < -0.3 is 9.80 Å². The Balaban J connectivity index is 1.77. The first-order valence-electron chi connectivity index (χ1n) is 10.1. The number of anilines is 1. The second-order valence-corrected chi connectivity index (χ2v) is 8.07. The van der Waals surface area contributed by atoms with E-state index in [1.807, 2.05) is 20.2 Å². The molecule has 2 bridgehead atoms. The maximum Gasteiger partial charge on any atom is 0.254 e. The van der Waals surface area contributed by atoms with Crippen molar-refractivity contribution >= 4 is 11.7 Å². The Morgan fingerprint density at radius 1 is 1.20 bits per heavy atom. The summed E-state index contributed by atoms with van der Waals surface area (Å²) in [5.74, 6) is 0.300. The molecular weight excluding hydrogens is 383 g/mol. The molecule has 0 spiro atoms. The van der Waals surface area contributed by atoms with Crippen LogP contribution in [-0.4, -0.2) is 44.1 Å². The van der Waals surface area contributed by atoms with Crippen molar-refractivity contribution in [1.82, 2.24) is 24.6 Å². The van der Waals surface area contributed by atoms with Gasteiger partial charge in [-0.2, -0.15) is 5.10 Å². The van der Waals surface area contributed by atoms with Gasteiger partial charge in [-0.1, -0.05) is 0 Å². The molecule has 0 N–H and O–H groups in total. The van der Waals surface area contributed by atoms with Crippen LogP contribution in [0.2, 0.25) is 0 Å². The van der Waals surface area contributed by atoms with Crippen LogP contribution in [0.1, 0.15) is 46.2 Å². The van der Waals surface area contributed by atoms with Gasteiger partial charge in [0.15, 0.2) is 5.82 Å². The molecule has 5 rings (SSSR count). The van der Waals surface area contributed by atoms with Crippen LogP contribution in [-0.2, 0) is 13.6 Å². The van der Waals surface area contributed by atoms with Crippen LogP contribution in [0.4, 0.5) is 10.2 Å². The predicted octanol–water partition coefficient (Wildman–Crippen LogP) is 3.25. The van der Waals surface area contributed by atoms with E-state index >= 15 is 0 Å². The summed E-state index contributed by atoms with van der Waals surface area (Å²) in [7, 11) is 3.60. The fraction of sp³-hybridized carbons (Fsp3) is 0.364. The Morgan fingerprint density at radius 2 is 2.03 bits per heavy atom. The van der Waals surface area contributed by atoms with Crippen LogP contribution in [0.25, 0.3) is 11.3 Å². The van der Waals surface area contributed by atoms with Gasteiger partial charge in [0.05, 0.1) is 35.9 Å². The third-order valence-corrected chi connectivity index (χ3v) is 5.97. The van der Waals surface area contributed by atoms with E-state index in [1.54, 1.807) is 28.9 Å². The topological polar surface area (TPSA) is 67.2 Å². The summed E-state index contributed by atoms with van der Waals surface area (Å²) < 4.78 is 16.0. The van der Waals surface area contributed by atoms with Crippen LogP contribution >= 0.6 is 0 Å². The van der Waals surface area contributed by atoms with E-state index in [2.05, 4.69) is 15.0 Å². The summed E-state index contributed by atoms with van der Waals surface area (Å²) in [5.41, 5.74) is 4.38. The molecule has 154 valence electrons. The van der Waals surface area contributed by atoms with Crippen LogP contribution < -0.4 is 4.90 Å². The fourth-order valence-electron chi connectivity index (χ4n) is 4.56. The van der Waals surface area contributed by atoms with Gasteiger partial charge >= 0.3 is 0 Å². The number of hydrogen-bond donors (Lipinski definition) is 0. The molecule has 0 unspecified atom stereocenters. The molecular formula is C22H23FN6O. The first kappa shape index (κ1) is 18.7. The maximum absolute atomic E-state index is 14.2. The van der Waals surface area contributed by atoms with Crippen molar-refractivity contribution in [3.8, 4) is 11.3 Å². The van der Waals surface area contributed by atoms with Crippen LogP contribution in [0, 0.1) is 12.7 Å². The molecule has 1 amide bonds. The lowest BCUT2D eigenvalue weighted by molar-refractivity contribution is 0.0781. The highest BCUT2D eigenvalue weighted by molar-refractivity contribution is 5.96. The third-order valence-electron chi connectivity index (χ3n) is 5.97. The molecule has 0 aliphatic carbocycles. The second-order valence-electron chi connectivity index (χ2n) is 8.07. The highest BCUT2D eigenvalue weighted by Gasteiger charge is 2.33. The zero-order chi connectivity index (χ0) is 21.0. The number of amides is 1. The number of hydrogen-bond acceptors (Lipinski definition) is 5. The molecule has 3 aromatic rings. The molecule has 2 aliphatic rings. The standard InChI is InChI=1S/C22H23FN6O/c1-13-21-25-18(10-24-13)17-11-28(3)26-19(17)12-27(2)22(30)15-7-6-14(23)9-16(15)20-5-4-8-29(20)21/h6-7,9-11,20H,4-5,8,12H2,1-3H3/t20-/m1/s1. The molecule has 2 aliphatic heterocycles. The van der Waals surface area contributed by atoms with E-state index in [0.717, 1.165) is 47.8 Å². The monoisotopic (exact) mass is 406 g/mol. The number of carbonyl (C=O) groups excluding carboxylic acids is 1. The average molecular weight is 406 g/mol. The Hall–Kier alpha value is -3.29. The van der Waals surface area contributed by atoms with Crippen molar-refractivity contribution < 1.29 is 9.18 Å². The van der Waals surface area contributed by atoms with Gasteiger partial charge in [0.25, 0.3) is 5.91 Å². The molecule has 7 nitrogen and oxygen atoms in total. The first-order valence-corrected chi connectivity index (χ1v) is 10.1. The number of nitrogens with zero attached hydrogens (tertiary/aromatic N) is 6. The Bertz CT molecular complexity index is 1160. The molecule has 1 atom stereocenters. The van der Waals surface area contributed by atoms with E-state index in [1.165, 1.54) is 12.1 Å². The maximum atomic E-state index is 14.2. The minimum atomic E-state index is -0.341. The molecule has 4 heterocycles. The van der Waals surface area contributed by atoms with E-state index in [9.17, 15) is 9.18 Å². The number of rotatable bonds is 0. The number of fused-ring (bicyclic) bond motifs is 8. The van der Waals surface area contributed by atoms with Gasteiger partial charge in [0.1, 0.15) is 5.82 Å². The number of benzene rings is 1. The van der Waals surface area contributed by atoms with Gasteiger partial charge in [-0.25, -0.2) is 9.37 Å². The molecule has 2 aromatic heterocycles. The minimum Gasteiger partial charge on any atom is -0.348 e. The summed E-state index contributed by atoms with van der Waals surface area (Å²) in [6.45, 7) is 3.04. The first-order chi connectivity index (χ1) is 14.4. The SMILES string of the molecule is Cc1ncc2nc1N1CCC[C@@H]1c1cc(F)ccc1C(=O)N(C)Cc1nn(C)cc1-2. The van der Waals surface area contributed by atoms with Crippen LogP contribution in [0.5, 0.6) is 0 Å². The molecule has 30 heavy (non-hydrogen) atoms. The van der Waals surface area contributed by atoms with E-state index < -0.39 is 0 Å². The van der Waals surface area contributed by atoms with Gasteiger partial charge in [-0.15, -0.1) is 0 Å². The fourth-order valence-corrected chi connectivity index (χ4v) is 4.56. The van der Waals surface area contributed by atoms with E-state index in [0.29, 0.717) is 17.7 Å². The molecule has 8 heteroatoms. The minimum absolute atomic E-state index is 0.121. The predicted molar refractivity (Wildman–Crippen MR) is 110 cm³/mol. The van der Waals surface area contributed by atoms with E-state index in [4.69, 9.17) is 4.98 Å². The summed E-state index contributed by atoms with van der Waals surface area (Å²) in [6, 6.07) is 4.33. The largest absolute Gasteiger partial charge is 0.348 e. The summed E-state index contributed by atoms with van der Waals surface area (Å²) >= 11 is 0. The molecule has 0 saturated carbocycles. The molecule has 0 radical (unpaired) electrons. The number of carbonyl (C=O) groups is 1. The number of aryl methyl sites for hydroxylation is 2. The zero-order valence-electron chi connectivity index (χ0n) is 17.3. The average Bonchev–Trinajstić information content (AvgIpc) is 3.34. The molecule has 1 saturated heterocycles. The van der Waals surface area contributed by atoms with Gasteiger partial charge in [0.2, 0.25) is 0 Å². The van der Waals surface area contributed by atoms with Crippen molar-refractivity contribution in [2.75, 3.05) is 18.5 Å².